The molecule has 0 bridgehead atoms. The van der Waals surface area contributed by atoms with Crippen LogP contribution in [0.5, 0.6) is 0 Å². The van der Waals surface area contributed by atoms with Crippen molar-refractivity contribution in [2.24, 2.45) is 0 Å². The van der Waals surface area contributed by atoms with Crippen molar-refractivity contribution >= 4 is 33.8 Å². The molecule has 2 heterocycles. The van der Waals surface area contributed by atoms with Gasteiger partial charge < -0.3 is 9.97 Å². The van der Waals surface area contributed by atoms with Crippen LogP contribution in [0.4, 0.5) is 0 Å². The summed E-state index contributed by atoms with van der Waals surface area (Å²) < 4.78 is 0. The molecule has 0 fully saturated rings. The highest BCUT2D eigenvalue weighted by molar-refractivity contribution is 7.99. The van der Waals surface area contributed by atoms with Crippen LogP contribution in [0.2, 0.25) is 0 Å². The maximum Gasteiger partial charge on any atom is 0.166 e. The summed E-state index contributed by atoms with van der Waals surface area (Å²) in [6.07, 6.45) is 0.899. The first kappa shape index (κ1) is 12.5. The van der Waals surface area contributed by atoms with E-state index in [1.807, 2.05) is 42.5 Å². The van der Waals surface area contributed by atoms with Crippen LogP contribution in [0.25, 0.3) is 22.1 Å². The molecule has 4 nitrogen and oxygen atoms in total. The van der Waals surface area contributed by atoms with Crippen molar-refractivity contribution in [2.75, 3.05) is 5.75 Å². The molecule has 0 saturated carbocycles. The van der Waals surface area contributed by atoms with Crippen LogP contribution in [0, 0.1) is 0 Å². The SMILES string of the molecule is c1ccc2[nH]c(CCSc3nc4ccccc4[nH]3)nc2c1. The monoisotopic (exact) mass is 294 g/mol. The molecule has 2 N–H and O–H groups in total. The fraction of sp³-hybridized carbons (Fsp3) is 0.125. The fourth-order valence-corrected chi connectivity index (χ4v) is 3.20. The second-order valence-corrected chi connectivity index (χ2v) is 5.94. The maximum absolute atomic E-state index is 4.59. The molecule has 0 atom stereocenters. The summed E-state index contributed by atoms with van der Waals surface area (Å²) in [5.74, 6) is 1.97. The number of hydrogen-bond donors (Lipinski definition) is 2. The van der Waals surface area contributed by atoms with Crippen LogP contribution in [-0.2, 0) is 6.42 Å². The molecule has 0 spiro atoms. The van der Waals surface area contributed by atoms with E-state index < -0.39 is 0 Å². The molecular formula is C16H14N4S. The Kier molecular flexibility index (Phi) is 3.12. The molecule has 21 heavy (non-hydrogen) atoms. The van der Waals surface area contributed by atoms with E-state index in [4.69, 9.17) is 0 Å². The lowest BCUT2D eigenvalue weighted by atomic mass is 10.3. The number of hydrogen-bond acceptors (Lipinski definition) is 3. The Hall–Kier alpha value is -2.27. The maximum atomic E-state index is 4.59. The van der Waals surface area contributed by atoms with E-state index in [9.17, 15) is 0 Å². The Morgan fingerprint density at radius 1 is 0.810 bits per heavy atom. The minimum atomic E-state index is 0.899. The topological polar surface area (TPSA) is 57.4 Å². The summed E-state index contributed by atoms with van der Waals surface area (Å²) in [7, 11) is 0. The second-order valence-electron chi connectivity index (χ2n) is 4.86. The van der Waals surface area contributed by atoms with Crippen molar-refractivity contribution in [3.8, 4) is 0 Å². The van der Waals surface area contributed by atoms with E-state index in [1.165, 1.54) is 0 Å². The molecule has 0 unspecified atom stereocenters. The van der Waals surface area contributed by atoms with Gasteiger partial charge in [0, 0.05) is 12.2 Å². The van der Waals surface area contributed by atoms with Crippen LogP contribution in [-0.4, -0.2) is 25.7 Å². The van der Waals surface area contributed by atoms with Gasteiger partial charge in [-0.2, -0.15) is 0 Å². The van der Waals surface area contributed by atoms with E-state index in [2.05, 4.69) is 26.0 Å². The largest absolute Gasteiger partial charge is 0.342 e. The molecule has 0 aliphatic carbocycles. The molecule has 0 radical (unpaired) electrons. The minimum Gasteiger partial charge on any atom is -0.342 e. The van der Waals surface area contributed by atoms with E-state index >= 15 is 0 Å². The van der Waals surface area contributed by atoms with Gasteiger partial charge in [-0.15, -0.1) is 0 Å². The third-order valence-corrected chi connectivity index (χ3v) is 4.26. The third-order valence-electron chi connectivity index (χ3n) is 3.38. The lowest BCUT2D eigenvalue weighted by Crippen LogP contribution is -1.91. The molecule has 0 saturated heterocycles. The van der Waals surface area contributed by atoms with Crippen molar-refractivity contribution in [1.29, 1.82) is 0 Å². The zero-order chi connectivity index (χ0) is 14.1. The molecule has 4 rings (SSSR count). The van der Waals surface area contributed by atoms with Crippen LogP contribution < -0.4 is 0 Å². The van der Waals surface area contributed by atoms with Gasteiger partial charge in [-0.3, -0.25) is 0 Å². The van der Waals surface area contributed by atoms with Gasteiger partial charge in [-0.05, 0) is 24.3 Å². The van der Waals surface area contributed by atoms with Gasteiger partial charge in [-0.25, -0.2) is 9.97 Å². The van der Waals surface area contributed by atoms with Gasteiger partial charge in [0.25, 0.3) is 0 Å². The smallest absolute Gasteiger partial charge is 0.166 e. The average molecular weight is 294 g/mol. The number of nitrogens with zero attached hydrogens (tertiary/aromatic N) is 2. The van der Waals surface area contributed by atoms with Crippen molar-refractivity contribution in [3.05, 3.63) is 54.4 Å². The highest BCUT2D eigenvalue weighted by atomic mass is 32.2. The number of aryl methyl sites for hydroxylation is 1. The molecule has 0 amide bonds. The molecule has 0 aliphatic heterocycles. The van der Waals surface area contributed by atoms with E-state index in [0.717, 1.165) is 45.2 Å². The van der Waals surface area contributed by atoms with Crippen molar-refractivity contribution in [1.82, 2.24) is 19.9 Å². The van der Waals surface area contributed by atoms with Gasteiger partial charge in [-0.1, -0.05) is 36.0 Å². The normalized spacial score (nSPS) is 11.4. The van der Waals surface area contributed by atoms with Gasteiger partial charge in [0.2, 0.25) is 0 Å². The number of para-hydroxylation sites is 4. The first-order valence-electron chi connectivity index (χ1n) is 6.90. The molecule has 5 heteroatoms. The summed E-state index contributed by atoms with van der Waals surface area (Å²) in [6, 6.07) is 16.2. The Balaban J connectivity index is 1.44. The number of imidazole rings is 2. The number of H-pyrrole nitrogens is 2. The fourth-order valence-electron chi connectivity index (χ4n) is 2.37. The zero-order valence-corrected chi connectivity index (χ0v) is 12.2. The highest BCUT2D eigenvalue weighted by Crippen LogP contribution is 2.20. The molecular weight excluding hydrogens is 280 g/mol. The Labute approximate surface area is 126 Å². The van der Waals surface area contributed by atoms with E-state index in [1.54, 1.807) is 11.8 Å². The number of thioether (sulfide) groups is 1. The number of fused-ring (bicyclic) bond motifs is 2. The van der Waals surface area contributed by atoms with E-state index in [-0.39, 0.29) is 0 Å². The molecule has 2 aromatic carbocycles. The standard InChI is InChI=1S/C16H14N4S/c1-2-6-12-11(5-1)17-15(18-12)9-10-21-16-19-13-7-3-4-8-14(13)20-16/h1-8H,9-10H2,(H,17,18)(H,19,20). The van der Waals surface area contributed by atoms with Crippen LogP contribution in [0.15, 0.2) is 53.7 Å². The van der Waals surface area contributed by atoms with E-state index in [0.29, 0.717) is 0 Å². The Morgan fingerprint density at radius 3 is 2.19 bits per heavy atom. The van der Waals surface area contributed by atoms with Crippen LogP contribution in [0.1, 0.15) is 5.82 Å². The molecule has 104 valence electrons. The Bertz CT molecular complexity index is 753. The van der Waals surface area contributed by atoms with Gasteiger partial charge in [0.05, 0.1) is 22.1 Å². The quantitative estimate of drug-likeness (QED) is 0.563. The second kappa shape index (κ2) is 5.26. The first-order chi connectivity index (χ1) is 10.4. The summed E-state index contributed by atoms with van der Waals surface area (Å²) >= 11 is 1.72. The predicted molar refractivity (Wildman–Crippen MR) is 86.6 cm³/mol. The zero-order valence-electron chi connectivity index (χ0n) is 11.3. The van der Waals surface area contributed by atoms with Gasteiger partial charge in [0.15, 0.2) is 5.16 Å². The van der Waals surface area contributed by atoms with Crippen LogP contribution >= 0.6 is 11.8 Å². The summed E-state index contributed by atoms with van der Waals surface area (Å²) in [6.45, 7) is 0. The number of rotatable bonds is 4. The third kappa shape index (κ3) is 2.52. The van der Waals surface area contributed by atoms with Gasteiger partial charge >= 0.3 is 0 Å². The number of aromatic amines is 2. The van der Waals surface area contributed by atoms with Gasteiger partial charge in [0.1, 0.15) is 5.82 Å². The summed E-state index contributed by atoms with van der Waals surface area (Å²) in [5, 5.41) is 0.965. The lowest BCUT2D eigenvalue weighted by Gasteiger charge is -1.95. The number of aromatic nitrogens is 4. The molecule has 0 aliphatic rings. The predicted octanol–water partition coefficient (Wildman–Crippen LogP) is 3.77. The summed E-state index contributed by atoms with van der Waals surface area (Å²) in [5.41, 5.74) is 4.23. The average Bonchev–Trinajstić information content (AvgIpc) is 3.09. The van der Waals surface area contributed by atoms with Crippen molar-refractivity contribution in [2.45, 2.75) is 11.6 Å². The molecule has 2 aromatic heterocycles. The number of benzene rings is 2. The lowest BCUT2D eigenvalue weighted by molar-refractivity contribution is 1.00. The Morgan fingerprint density at radius 2 is 1.48 bits per heavy atom. The van der Waals surface area contributed by atoms with Crippen molar-refractivity contribution in [3.63, 3.8) is 0 Å². The van der Waals surface area contributed by atoms with Crippen LogP contribution in [0.3, 0.4) is 0 Å². The summed E-state index contributed by atoms with van der Waals surface area (Å²) in [4.78, 5) is 15.8. The first-order valence-corrected chi connectivity index (χ1v) is 7.88. The minimum absolute atomic E-state index is 0.899. The van der Waals surface area contributed by atoms with Crippen molar-refractivity contribution < 1.29 is 0 Å². The molecule has 4 aromatic rings. The number of nitrogens with one attached hydrogen (secondary N) is 2. The highest BCUT2D eigenvalue weighted by Gasteiger charge is 2.05.